The molecular weight excluding hydrogens is 226 g/mol. The van der Waals surface area contributed by atoms with Crippen LogP contribution in [-0.4, -0.2) is 23.1 Å². The summed E-state index contributed by atoms with van der Waals surface area (Å²) >= 11 is 5.94. The van der Waals surface area contributed by atoms with Gasteiger partial charge in [0.1, 0.15) is 6.33 Å². The van der Waals surface area contributed by atoms with Crippen molar-refractivity contribution >= 4 is 17.4 Å². The van der Waals surface area contributed by atoms with E-state index in [1.54, 1.807) is 7.11 Å². The van der Waals surface area contributed by atoms with Gasteiger partial charge in [-0.1, -0.05) is 24.9 Å². The number of ether oxygens (including phenoxy) is 1. The van der Waals surface area contributed by atoms with E-state index >= 15 is 0 Å². The standard InChI is InChI=1S/C11H16ClN3O/c1-7-4-3-5-8(7)15-11-9(16-2)10(12)13-6-14-11/h6-8H,3-5H2,1-2H3,(H,13,14,15). The van der Waals surface area contributed by atoms with Gasteiger partial charge in [-0.05, 0) is 18.8 Å². The Balaban J connectivity index is 2.17. The maximum atomic E-state index is 5.94. The number of hydrogen-bond donors (Lipinski definition) is 1. The van der Waals surface area contributed by atoms with Crippen molar-refractivity contribution in [1.82, 2.24) is 9.97 Å². The van der Waals surface area contributed by atoms with Crippen LogP contribution < -0.4 is 10.1 Å². The van der Waals surface area contributed by atoms with Crippen molar-refractivity contribution in [3.63, 3.8) is 0 Å². The quantitative estimate of drug-likeness (QED) is 0.827. The summed E-state index contributed by atoms with van der Waals surface area (Å²) in [7, 11) is 1.58. The molecule has 1 aromatic rings. The van der Waals surface area contributed by atoms with Gasteiger partial charge in [-0.15, -0.1) is 0 Å². The van der Waals surface area contributed by atoms with E-state index in [0.29, 0.717) is 28.7 Å². The van der Waals surface area contributed by atoms with Crippen LogP contribution in [0, 0.1) is 5.92 Å². The van der Waals surface area contributed by atoms with Crippen LogP contribution in [0.4, 0.5) is 5.82 Å². The van der Waals surface area contributed by atoms with Gasteiger partial charge in [0, 0.05) is 6.04 Å². The largest absolute Gasteiger partial charge is 0.490 e. The van der Waals surface area contributed by atoms with Gasteiger partial charge in [-0.3, -0.25) is 0 Å². The molecule has 2 rings (SSSR count). The molecule has 0 spiro atoms. The number of methoxy groups -OCH3 is 1. The highest BCUT2D eigenvalue weighted by Gasteiger charge is 2.24. The van der Waals surface area contributed by atoms with Crippen molar-refractivity contribution in [1.29, 1.82) is 0 Å². The summed E-state index contributed by atoms with van der Waals surface area (Å²) in [5.41, 5.74) is 0. The van der Waals surface area contributed by atoms with Gasteiger partial charge in [-0.2, -0.15) is 0 Å². The summed E-state index contributed by atoms with van der Waals surface area (Å²) < 4.78 is 5.20. The first-order valence-electron chi connectivity index (χ1n) is 5.53. The Bertz CT molecular complexity index is 372. The summed E-state index contributed by atoms with van der Waals surface area (Å²) in [4.78, 5) is 8.07. The molecule has 0 aliphatic heterocycles. The average Bonchev–Trinajstić information content (AvgIpc) is 2.65. The third kappa shape index (κ3) is 2.21. The molecule has 1 heterocycles. The predicted molar refractivity (Wildman–Crippen MR) is 64.0 cm³/mol. The zero-order valence-electron chi connectivity index (χ0n) is 9.53. The lowest BCUT2D eigenvalue weighted by Gasteiger charge is -2.19. The van der Waals surface area contributed by atoms with Gasteiger partial charge in [0.2, 0.25) is 0 Å². The third-order valence-corrected chi connectivity index (χ3v) is 3.42. The topological polar surface area (TPSA) is 47.0 Å². The fraction of sp³-hybridized carbons (Fsp3) is 0.636. The second-order valence-corrected chi connectivity index (χ2v) is 4.56. The van der Waals surface area contributed by atoms with E-state index in [-0.39, 0.29) is 0 Å². The van der Waals surface area contributed by atoms with Crippen LogP contribution >= 0.6 is 11.6 Å². The lowest BCUT2D eigenvalue weighted by atomic mass is 10.1. The van der Waals surface area contributed by atoms with Gasteiger partial charge in [-0.25, -0.2) is 9.97 Å². The molecule has 1 aromatic heterocycles. The molecule has 2 unspecified atom stereocenters. The molecule has 2 atom stereocenters. The smallest absolute Gasteiger partial charge is 0.198 e. The van der Waals surface area contributed by atoms with Crippen molar-refractivity contribution in [3.8, 4) is 5.75 Å². The molecule has 1 saturated carbocycles. The molecule has 88 valence electrons. The summed E-state index contributed by atoms with van der Waals surface area (Å²) in [6.07, 6.45) is 5.15. The normalized spacial score (nSPS) is 24.4. The molecule has 0 radical (unpaired) electrons. The molecule has 4 nitrogen and oxygen atoms in total. The molecule has 1 fully saturated rings. The van der Waals surface area contributed by atoms with Gasteiger partial charge in [0.05, 0.1) is 7.11 Å². The minimum absolute atomic E-state index is 0.352. The number of anilines is 1. The average molecular weight is 242 g/mol. The lowest BCUT2D eigenvalue weighted by Crippen LogP contribution is -2.22. The minimum Gasteiger partial charge on any atom is -0.490 e. The molecule has 5 heteroatoms. The Labute approximate surface area is 100 Å². The van der Waals surface area contributed by atoms with E-state index in [2.05, 4.69) is 22.2 Å². The maximum Gasteiger partial charge on any atom is 0.198 e. The predicted octanol–water partition coefficient (Wildman–Crippen LogP) is 2.74. The molecule has 1 aliphatic rings. The maximum absolute atomic E-state index is 5.94. The Morgan fingerprint density at radius 2 is 2.25 bits per heavy atom. The summed E-state index contributed by atoms with van der Waals surface area (Å²) in [6.45, 7) is 2.25. The summed E-state index contributed by atoms with van der Waals surface area (Å²) in [5, 5.41) is 3.74. The van der Waals surface area contributed by atoms with Crippen LogP contribution in [0.3, 0.4) is 0 Å². The third-order valence-electron chi connectivity index (χ3n) is 3.15. The summed E-state index contributed by atoms with van der Waals surface area (Å²) in [6, 6.07) is 0.458. The van der Waals surface area contributed by atoms with Gasteiger partial charge >= 0.3 is 0 Å². The van der Waals surface area contributed by atoms with Gasteiger partial charge in [0.25, 0.3) is 0 Å². The molecule has 0 saturated heterocycles. The van der Waals surface area contributed by atoms with Crippen LogP contribution in [0.15, 0.2) is 6.33 Å². The van der Waals surface area contributed by atoms with Crippen molar-refractivity contribution in [2.24, 2.45) is 5.92 Å². The number of rotatable bonds is 3. The van der Waals surface area contributed by atoms with Crippen molar-refractivity contribution in [2.75, 3.05) is 12.4 Å². The van der Waals surface area contributed by atoms with Crippen LogP contribution in [-0.2, 0) is 0 Å². The monoisotopic (exact) mass is 241 g/mol. The van der Waals surface area contributed by atoms with Gasteiger partial charge < -0.3 is 10.1 Å². The Morgan fingerprint density at radius 1 is 1.44 bits per heavy atom. The molecule has 0 aromatic carbocycles. The van der Waals surface area contributed by atoms with Crippen LogP contribution in [0.1, 0.15) is 26.2 Å². The van der Waals surface area contributed by atoms with E-state index in [1.165, 1.54) is 25.6 Å². The van der Waals surface area contributed by atoms with Crippen molar-refractivity contribution in [3.05, 3.63) is 11.5 Å². The zero-order chi connectivity index (χ0) is 11.5. The number of aromatic nitrogens is 2. The fourth-order valence-corrected chi connectivity index (χ4v) is 2.38. The zero-order valence-corrected chi connectivity index (χ0v) is 10.3. The highest BCUT2D eigenvalue weighted by molar-refractivity contribution is 6.31. The second kappa shape index (κ2) is 4.87. The fourth-order valence-electron chi connectivity index (χ4n) is 2.17. The van der Waals surface area contributed by atoms with E-state index < -0.39 is 0 Å². The highest BCUT2D eigenvalue weighted by atomic mass is 35.5. The number of hydrogen-bond acceptors (Lipinski definition) is 4. The summed E-state index contributed by atoms with van der Waals surface area (Å²) in [5.74, 6) is 1.89. The van der Waals surface area contributed by atoms with E-state index in [9.17, 15) is 0 Å². The van der Waals surface area contributed by atoms with Crippen LogP contribution in [0.2, 0.25) is 5.15 Å². The lowest BCUT2D eigenvalue weighted by molar-refractivity contribution is 0.411. The van der Waals surface area contributed by atoms with Gasteiger partial charge in [0.15, 0.2) is 16.7 Å². The number of halogens is 1. The molecular formula is C11H16ClN3O. The van der Waals surface area contributed by atoms with Crippen LogP contribution in [0.25, 0.3) is 0 Å². The highest BCUT2D eigenvalue weighted by Crippen LogP contribution is 2.33. The first-order chi connectivity index (χ1) is 7.72. The second-order valence-electron chi connectivity index (χ2n) is 4.21. The Morgan fingerprint density at radius 3 is 2.88 bits per heavy atom. The molecule has 0 bridgehead atoms. The Kier molecular flexibility index (Phi) is 3.49. The first kappa shape index (κ1) is 11.5. The van der Waals surface area contributed by atoms with E-state index in [0.717, 1.165) is 0 Å². The molecule has 1 N–H and O–H groups in total. The van der Waals surface area contributed by atoms with Crippen molar-refractivity contribution in [2.45, 2.75) is 32.2 Å². The number of nitrogens with zero attached hydrogens (tertiary/aromatic N) is 2. The van der Waals surface area contributed by atoms with E-state index in [1.807, 2.05) is 0 Å². The number of nitrogens with one attached hydrogen (secondary N) is 1. The Hall–Kier alpha value is -1.03. The van der Waals surface area contributed by atoms with E-state index in [4.69, 9.17) is 16.3 Å². The SMILES string of the molecule is COc1c(Cl)ncnc1NC1CCCC1C. The molecule has 1 aliphatic carbocycles. The molecule has 16 heavy (non-hydrogen) atoms. The van der Waals surface area contributed by atoms with Crippen molar-refractivity contribution < 1.29 is 4.74 Å². The minimum atomic E-state index is 0.352. The molecule has 0 amide bonds. The first-order valence-corrected chi connectivity index (χ1v) is 5.91. The van der Waals surface area contributed by atoms with Crippen LogP contribution in [0.5, 0.6) is 5.75 Å².